The van der Waals surface area contributed by atoms with Gasteiger partial charge in [0.1, 0.15) is 0 Å². The quantitative estimate of drug-likeness (QED) is 0.109. The number of hydrogen-bond acceptors (Lipinski definition) is 4. The van der Waals surface area contributed by atoms with Crippen molar-refractivity contribution in [3.8, 4) is 44.5 Å². The van der Waals surface area contributed by atoms with Gasteiger partial charge in [0.15, 0.2) is 0 Å². The van der Waals surface area contributed by atoms with Crippen molar-refractivity contribution in [2.75, 3.05) is 0 Å². The van der Waals surface area contributed by atoms with Gasteiger partial charge in [-0.25, -0.2) is 19.4 Å². The highest BCUT2D eigenvalue weighted by Gasteiger charge is 2.26. The molecule has 0 fully saturated rings. The van der Waals surface area contributed by atoms with Crippen molar-refractivity contribution in [3.63, 3.8) is 0 Å². The van der Waals surface area contributed by atoms with E-state index in [2.05, 4.69) is 64.1 Å². The molecule has 250 valence electrons. The lowest BCUT2D eigenvalue weighted by Gasteiger charge is -2.19. The largest absolute Gasteiger partial charge is 0.386 e. The monoisotopic (exact) mass is 658 g/mol. The Labute approximate surface area is 295 Å². The van der Waals surface area contributed by atoms with Crippen molar-refractivity contribution < 1.29 is 19.4 Å². The molecular formula is C46H42O4. The lowest BCUT2D eigenvalue weighted by molar-refractivity contribution is -0.187. The summed E-state index contributed by atoms with van der Waals surface area (Å²) in [4.78, 5) is 39.0. The van der Waals surface area contributed by atoms with Gasteiger partial charge in [-0.15, -0.1) is 0 Å². The molecule has 4 heteroatoms. The minimum Gasteiger partial charge on any atom is -0.241 e. The summed E-state index contributed by atoms with van der Waals surface area (Å²) in [6.45, 7) is 8.45. The van der Waals surface area contributed by atoms with Crippen molar-refractivity contribution in [1.29, 1.82) is 0 Å². The van der Waals surface area contributed by atoms with Gasteiger partial charge in [0.2, 0.25) is 0 Å². The number of benzene rings is 6. The van der Waals surface area contributed by atoms with Crippen LogP contribution < -0.4 is 0 Å². The van der Waals surface area contributed by atoms with Crippen molar-refractivity contribution >= 4 is 11.9 Å². The number of carbonyl (C=O) groups is 2. The maximum Gasteiger partial charge on any atom is 0.386 e. The highest BCUT2D eigenvalue weighted by Crippen LogP contribution is 2.41. The standard InChI is InChI=1S/C46H42O4/c1-5-31-19-9-13-23-35(31)39-27-17-29-41(43(39)37-25-15-11-21-33(37)7-3)45(47)49-50-46(48)42-30-18-28-40(36-24-14-10-20-32(36)6-2)44(42)38-26-16-12-22-34(38)8-4/h9-30H,5-8H2,1-4H3. The van der Waals surface area contributed by atoms with Gasteiger partial charge in [-0.3, -0.25) is 0 Å². The first-order valence-electron chi connectivity index (χ1n) is 17.5. The van der Waals surface area contributed by atoms with Crippen LogP contribution in [-0.2, 0) is 35.5 Å². The second kappa shape index (κ2) is 15.7. The summed E-state index contributed by atoms with van der Waals surface area (Å²) in [6, 6.07) is 43.9. The molecule has 0 bridgehead atoms. The van der Waals surface area contributed by atoms with Crippen LogP contribution in [0, 0.1) is 0 Å². The third-order valence-corrected chi connectivity index (χ3v) is 9.47. The molecule has 0 spiro atoms. The summed E-state index contributed by atoms with van der Waals surface area (Å²) in [5.41, 5.74) is 12.5. The number of aryl methyl sites for hydroxylation is 4. The third-order valence-electron chi connectivity index (χ3n) is 9.47. The summed E-state index contributed by atoms with van der Waals surface area (Å²) in [7, 11) is 0. The van der Waals surface area contributed by atoms with Gasteiger partial charge in [-0.05, 0) is 93.5 Å². The molecule has 0 amide bonds. The molecule has 6 aromatic rings. The van der Waals surface area contributed by atoms with Crippen LogP contribution in [0.15, 0.2) is 133 Å². The Morgan fingerprint density at radius 1 is 0.360 bits per heavy atom. The Morgan fingerprint density at radius 3 is 0.980 bits per heavy atom. The van der Waals surface area contributed by atoms with Crippen molar-refractivity contribution in [1.82, 2.24) is 0 Å². The molecule has 0 aliphatic rings. The zero-order valence-electron chi connectivity index (χ0n) is 29.2. The van der Waals surface area contributed by atoms with Gasteiger partial charge in [-0.1, -0.05) is 149 Å². The summed E-state index contributed by atoms with van der Waals surface area (Å²) in [6.07, 6.45) is 3.23. The van der Waals surface area contributed by atoms with E-state index in [1.54, 1.807) is 12.1 Å². The molecule has 0 unspecified atom stereocenters. The molecule has 0 saturated heterocycles. The van der Waals surface area contributed by atoms with E-state index in [1.165, 1.54) is 11.1 Å². The van der Waals surface area contributed by atoms with Gasteiger partial charge < -0.3 is 0 Å². The molecule has 6 rings (SSSR count). The van der Waals surface area contributed by atoms with Crippen LogP contribution in [0.3, 0.4) is 0 Å². The van der Waals surface area contributed by atoms with Gasteiger partial charge in [0.05, 0.1) is 11.1 Å². The summed E-state index contributed by atoms with van der Waals surface area (Å²) < 4.78 is 0. The zero-order chi connectivity index (χ0) is 35.0. The molecule has 50 heavy (non-hydrogen) atoms. The van der Waals surface area contributed by atoms with Crippen LogP contribution in [0.1, 0.15) is 70.7 Å². The highest BCUT2D eigenvalue weighted by molar-refractivity contribution is 6.05. The van der Waals surface area contributed by atoms with Crippen LogP contribution in [0.4, 0.5) is 0 Å². The topological polar surface area (TPSA) is 52.6 Å². The smallest absolute Gasteiger partial charge is 0.241 e. The van der Waals surface area contributed by atoms with Gasteiger partial charge >= 0.3 is 11.9 Å². The molecule has 0 N–H and O–H groups in total. The van der Waals surface area contributed by atoms with Crippen LogP contribution in [0.25, 0.3) is 44.5 Å². The second-order valence-electron chi connectivity index (χ2n) is 12.2. The van der Waals surface area contributed by atoms with E-state index in [0.717, 1.165) is 81.3 Å². The molecule has 0 aromatic heterocycles. The first-order valence-corrected chi connectivity index (χ1v) is 17.5. The fourth-order valence-corrected chi connectivity index (χ4v) is 6.97. The molecular weight excluding hydrogens is 617 g/mol. The fraction of sp³-hybridized carbons (Fsp3) is 0.174. The normalized spacial score (nSPS) is 10.9. The molecule has 0 aliphatic heterocycles. The average Bonchev–Trinajstić information content (AvgIpc) is 3.19. The van der Waals surface area contributed by atoms with Gasteiger partial charge in [0.25, 0.3) is 0 Å². The third kappa shape index (κ3) is 6.75. The first kappa shape index (κ1) is 34.1. The van der Waals surface area contributed by atoms with E-state index in [4.69, 9.17) is 9.78 Å². The van der Waals surface area contributed by atoms with E-state index in [-0.39, 0.29) is 0 Å². The number of hydrogen-bond donors (Lipinski definition) is 0. The minimum absolute atomic E-state index is 0.323. The molecule has 0 heterocycles. The lowest BCUT2D eigenvalue weighted by atomic mass is 9.86. The van der Waals surface area contributed by atoms with E-state index < -0.39 is 11.9 Å². The Hall–Kier alpha value is -5.74. The average molecular weight is 659 g/mol. The van der Waals surface area contributed by atoms with E-state index >= 15 is 0 Å². The zero-order valence-corrected chi connectivity index (χ0v) is 29.2. The Balaban J connectivity index is 1.43. The Bertz CT molecular complexity index is 2000. The molecule has 0 saturated carbocycles. The second-order valence-corrected chi connectivity index (χ2v) is 12.2. The molecule has 6 aromatic carbocycles. The lowest BCUT2D eigenvalue weighted by Crippen LogP contribution is -2.14. The molecule has 4 nitrogen and oxygen atoms in total. The predicted molar refractivity (Wildman–Crippen MR) is 203 cm³/mol. The van der Waals surface area contributed by atoms with E-state index in [9.17, 15) is 9.59 Å². The molecule has 0 aliphatic carbocycles. The first-order chi connectivity index (χ1) is 24.5. The number of carbonyl (C=O) groups excluding carboxylic acids is 2. The van der Waals surface area contributed by atoms with Crippen LogP contribution in [0.5, 0.6) is 0 Å². The Morgan fingerprint density at radius 2 is 0.640 bits per heavy atom. The summed E-state index contributed by atoms with van der Waals surface area (Å²) in [5, 5.41) is 0. The van der Waals surface area contributed by atoms with E-state index in [1.807, 2.05) is 84.9 Å². The van der Waals surface area contributed by atoms with Crippen LogP contribution >= 0.6 is 0 Å². The maximum absolute atomic E-state index is 14.0. The maximum atomic E-state index is 14.0. The highest BCUT2D eigenvalue weighted by atomic mass is 17.2. The number of rotatable bonds is 10. The van der Waals surface area contributed by atoms with Crippen molar-refractivity contribution in [3.05, 3.63) is 167 Å². The Kier molecular flexibility index (Phi) is 10.7. The van der Waals surface area contributed by atoms with Crippen LogP contribution in [0.2, 0.25) is 0 Å². The molecule has 0 radical (unpaired) electrons. The summed E-state index contributed by atoms with van der Waals surface area (Å²) >= 11 is 0. The fourth-order valence-electron chi connectivity index (χ4n) is 6.97. The SMILES string of the molecule is CCc1ccccc1-c1cccc(C(=O)OOC(=O)c2cccc(-c3ccccc3CC)c2-c2ccccc2CC)c1-c1ccccc1CC. The van der Waals surface area contributed by atoms with Gasteiger partial charge in [-0.2, -0.15) is 0 Å². The van der Waals surface area contributed by atoms with Gasteiger partial charge in [0, 0.05) is 11.1 Å². The van der Waals surface area contributed by atoms with Crippen molar-refractivity contribution in [2.45, 2.75) is 53.4 Å². The van der Waals surface area contributed by atoms with Crippen LogP contribution in [-0.4, -0.2) is 11.9 Å². The summed E-state index contributed by atoms with van der Waals surface area (Å²) in [5.74, 6) is -1.48. The van der Waals surface area contributed by atoms with E-state index in [0.29, 0.717) is 11.1 Å². The predicted octanol–water partition coefficient (Wildman–Crippen LogP) is 11.5. The van der Waals surface area contributed by atoms with Crippen molar-refractivity contribution in [2.24, 2.45) is 0 Å². The minimum atomic E-state index is -0.738. The molecule has 0 atom stereocenters.